The standard InChI is InChI=1S/C19H36O9/c1-17(2)27-15-13-25-11-9-23-7-8-24-10-12-26-14-16-28-19(22)6-4-3-5-18(20)21/h17H,3-16H2,1-2H3,(H,20,21). The molecule has 1 N–H and O–H groups in total. The fourth-order valence-corrected chi connectivity index (χ4v) is 1.94. The molecular weight excluding hydrogens is 372 g/mol. The molecule has 28 heavy (non-hydrogen) atoms. The number of rotatable bonds is 21. The van der Waals surface area contributed by atoms with Gasteiger partial charge in [-0.15, -0.1) is 0 Å². The highest BCUT2D eigenvalue weighted by atomic mass is 16.6. The van der Waals surface area contributed by atoms with Crippen molar-refractivity contribution < 1.29 is 43.1 Å². The highest BCUT2D eigenvalue weighted by Gasteiger charge is 2.04. The predicted molar refractivity (Wildman–Crippen MR) is 101 cm³/mol. The molecule has 0 spiro atoms. The van der Waals surface area contributed by atoms with Gasteiger partial charge in [0.1, 0.15) is 6.61 Å². The molecule has 0 amide bonds. The second-order valence-corrected chi connectivity index (χ2v) is 6.19. The number of aliphatic carboxylic acids is 1. The summed E-state index contributed by atoms with van der Waals surface area (Å²) in [5.41, 5.74) is 0. The van der Waals surface area contributed by atoms with E-state index >= 15 is 0 Å². The number of hydrogen-bond acceptors (Lipinski definition) is 8. The minimum atomic E-state index is -0.854. The molecule has 0 rings (SSSR count). The Labute approximate surface area is 167 Å². The quantitative estimate of drug-likeness (QED) is 0.224. The lowest BCUT2D eigenvalue weighted by atomic mass is 10.2. The molecule has 0 aliphatic carbocycles. The first-order valence-corrected chi connectivity index (χ1v) is 9.82. The minimum absolute atomic E-state index is 0.0725. The van der Waals surface area contributed by atoms with Crippen LogP contribution in [0.15, 0.2) is 0 Å². The van der Waals surface area contributed by atoms with Gasteiger partial charge in [-0.3, -0.25) is 9.59 Å². The van der Waals surface area contributed by atoms with E-state index in [1.807, 2.05) is 13.8 Å². The van der Waals surface area contributed by atoms with Gasteiger partial charge in [0.25, 0.3) is 0 Å². The van der Waals surface area contributed by atoms with Crippen molar-refractivity contribution in [1.29, 1.82) is 0 Å². The van der Waals surface area contributed by atoms with Gasteiger partial charge in [-0.05, 0) is 26.7 Å². The van der Waals surface area contributed by atoms with Crippen LogP contribution < -0.4 is 0 Å². The van der Waals surface area contributed by atoms with Crippen molar-refractivity contribution in [3.05, 3.63) is 0 Å². The highest BCUT2D eigenvalue weighted by Crippen LogP contribution is 2.01. The summed E-state index contributed by atoms with van der Waals surface area (Å²) in [7, 11) is 0. The maximum atomic E-state index is 11.4. The molecule has 0 bridgehead atoms. The van der Waals surface area contributed by atoms with Crippen LogP contribution in [0.4, 0.5) is 0 Å². The summed E-state index contributed by atoms with van der Waals surface area (Å²) in [5.74, 6) is -1.19. The Bertz CT molecular complexity index is 374. The molecule has 9 heteroatoms. The maximum absolute atomic E-state index is 11.4. The zero-order chi connectivity index (χ0) is 20.9. The minimum Gasteiger partial charge on any atom is -0.481 e. The second-order valence-electron chi connectivity index (χ2n) is 6.19. The first kappa shape index (κ1) is 26.7. The Balaban J connectivity index is 3.13. The Kier molecular flexibility index (Phi) is 19.6. The molecule has 0 heterocycles. The van der Waals surface area contributed by atoms with E-state index in [1.54, 1.807) is 0 Å². The van der Waals surface area contributed by atoms with Crippen LogP contribution in [0, 0.1) is 0 Å². The number of carbonyl (C=O) groups excluding carboxylic acids is 1. The van der Waals surface area contributed by atoms with E-state index in [0.717, 1.165) is 0 Å². The van der Waals surface area contributed by atoms with Crippen molar-refractivity contribution in [2.24, 2.45) is 0 Å². The Morgan fingerprint density at radius 3 is 1.57 bits per heavy atom. The van der Waals surface area contributed by atoms with Gasteiger partial charge < -0.3 is 33.5 Å². The van der Waals surface area contributed by atoms with Crippen molar-refractivity contribution in [3.8, 4) is 0 Å². The Hall–Kier alpha value is -1.26. The third-order valence-corrected chi connectivity index (χ3v) is 3.31. The number of esters is 1. The van der Waals surface area contributed by atoms with Crippen LogP contribution in [0.2, 0.25) is 0 Å². The van der Waals surface area contributed by atoms with Crippen molar-refractivity contribution in [2.75, 3.05) is 66.1 Å². The summed E-state index contributed by atoms with van der Waals surface area (Å²) in [4.78, 5) is 21.7. The Morgan fingerprint density at radius 2 is 1.11 bits per heavy atom. The topological polar surface area (TPSA) is 110 Å². The van der Waals surface area contributed by atoms with Gasteiger partial charge in [-0.2, -0.15) is 0 Å². The van der Waals surface area contributed by atoms with Crippen molar-refractivity contribution in [3.63, 3.8) is 0 Å². The van der Waals surface area contributed by atoms with Crippen molar-refractivity contribution in [1.82, 2.24) is 0 Å². The summed E-state index contributed by atoms with van der Waals surface area (Å²) < 4.78 is 31.7. The first-order valence-electron chi connectivity index (χ1n) is 9.82. The van der Waals surface area contributed by atoms with Gasteiger partial charge in [-0.1, -0.05) is 0 Å². The smallest absolute Gasteiger partial charge is 0.305 e. The summed E-state index contributed by atoms with van der Waals surface area (Å²) >= 11 is 0. The molecule has 0 aliphatic rings. The molecule has 166 valence electrons. The molecule has 0 saturated carbocycles. The van der Waals surface area contributed by atoms with Crippen LogP contribution >= 0.6 is 0 Å². The van der Waals surface area contributed by atoms with E-state index in [1.165, 1.54) is 0 Å². The lowest BCUT2D eigenvalue weighted by molar-refractivity contribution is -0.146. The van der Waals surface area contributed by atoms with E-state index in [-0.39, 0.29) is 31.5 Å². The molecule has 0 aromatic carbocycles. The lowest BCUT2D eigenvalue weighted by Crippen LogP contribution is -2.15. The van der Waals surface area contributed by atoms with Gasteiger partial charge >= 0.3 is 11.9 Å². The van der Waals surface area contributed by atoms with Gasteiger partial charge in [0.2, 0.25) is 0 Å². The van der Waals surface area contributed by atoms with Gasteiger partial charge in [-0.25, -0.2) is 0 Å². The molecule has 0 saturated heterocycles. The molecular formula is C19H36O9. The average Bonchev–Trinajstić information content (AvgIpc) is 2.64. The molecule has 0 unspecified atom stereocenters. The van der Waals surface area contributed by atoms with Gasteiger partial charge in [0.05, 0.1) is 65.6 Å². The third kappa shape index (κ3) is 22.8. The van der Waals surface area contributed by atoms with Crippen LogP contribution in [0.3, 0.4) is 0 Å². The zero-order valence-corrected chi connectivity index (χ0v) is 17.2. The zero-order valence-electron chi connectivity index (χ0n) is 17.2. The molecule has 0 aliphatic heterocycles. The fraction of sp³-hybridized carbons (Fsp3) is 0.895. The molecule has 0 aromatic rings. The molecule has 0 radical (unpaired) electrons. The predicted octanol–water partition coefficient (Wildman–Crippen LogP) is 1.67. The number of ether oxygens (including phenoxy) is 6. The monoisotopic (exact) mass is 408 g/mol. The maximum Gasteiger partial charge on any atom is 0.305 e. The van der Waals surface area contributed by atoms with Gasteiger partial charge in [0, 0.05) is 12.8 Å². The summed E-state index contributed by atoms with van der Waals surface area (Å²) in [6, 6.07) is 0. The second kappa shape index (κ2) is 20.5. The Morgan fingerprint density at radius 1 is 0.679 bits per heavy atom. The van der Waals surface area contributed by atoms with E-state index in [2.05, 4.69) is 0 Å². The normalized spacial score (nSPS) is 11.1. The number of carboxylic acids is 1. The van der Waals surface area contributed by atoms with E-state index in [9.17, 15) is 9.59 Å². The number of unbranched alkanes of at least 4 members (excludes halogenated alkanes) is 1. The largest absolute Gasteiger partial charge is 0.481 e. The lowest BCUT2D eigenvalue weighted by Gasteiger charge is -2.09. The third-order valence-electron chi connectivity index (χ3n) is 3.31. The van der Waals surface area contributed by atoms with Gasteiger partial charge in [0.15, 0.2) is 0 Å². The fourth-order valence-electron chi connectivity index (χ4n) is 1.94. The molecule has 9 nitrogen and oxygen atoms in total. The van der Waals surface area contributed by atoms with Crippen LogP contribution in [-0.2, 0) is 38.0 Å². The van der Waals surface area contributed by atoms with Crippen molar-refractivity contribution >= 4 is 11.9 Å². The summed E-state index contributed by atoms with van der Waals surface area (Å²) in [6.07, 6.45) is 1.51. The SMILES string of the molecule is CC(C)OCCOCCOCCOCCOCCOC(=O)CCCCC(=O)O. The molecule has 0 fully saturated rings. The molecule has 0 aromatic heterocycles. The summed E-state index contributed by atoms with van der Waals surface area (Å²) in [6.45, 7) is 8.48. The van der Waals surface area contributed by atoms with E-state index < -0.39 is 5.97 Å². The summed E-state index contributed by atoms with van der Waals surface area (Å²) in [5, 5.41) is 8.49. The highest BCUT2D eigenvalue weighted by molar-refractivity contribution is 5.69. The van der Waals surface area contributed by atoms with E-state index in [4.69, 9.17) is 33.5 Å². The van der Waals surface area contributed by atoms with Crippen LogP contribution in [0.25, 0.3) is 0 Å². The van der Waals surface area contributed by atoms with Crippen LogP contribution in [-0.4, -0.2) is 89.2 Å². The number of carbonyl (C=O) groups is 2. The van der Waals surface area contributed by atoms with E-state index in [0.29, 0.717) is 72.3 Å². The number of hydrogen-bond donors (Lipinski definition) is 1. The molecule has 0 atom stereocenters. The van der Waals surface area contributed by atoms with Crippen molar-refractivity contribution in [2.45, 2.75) is 45.6 Å². The average molecular weight is 408 g/mol. The van der Waals surface area contributed by atoms with Crippen LogP contribution in [0.1, 0.15) is 39.5 Å². The number of carboxylic acid groups (broad SMARTS) is 1. The van der Waals surface area contributed by atoms with Crippen LogP contribution in [0.5, 0.6) is 0 Å². The first-order chi connectivity index (χ1) is 13.5.